The molecule has 4 nitrogen and oxygen atoms in total. The number of nitrogens with two attached hydrogens (primary N) is 1. The summed E-state index contributed by atoms with van der Waals surface area (Å²) in [7, 11) is 0. The van der Waals surface area contributed by atoms with Crippen LogP contribution in [0.4, 0.5) is 4.79 Å². The first kappa shape index (κ1) is 16.3. The predicted octanol–water partition coefficient (Wildman–Crippen LogP) is 3.63. The summed E-state index contributed by atoms with van der Waals surface area (Å²) in [6, 6.07) is 8.03. The second-order valence-corrected chi connectivity index (χ2v) is 7.46. The summed E-state index contributed by atoms with van der Waals surface area (Å²) >= 11 is 3.57. The fourth-order valence-electron chi connectivity index (χ4n) is 2.55. The SMILES string of the molecule is CC(C)(C)OC(=O)N1CCC(N)(c2ccccc2Br)CC1. The average molecular weight is 355 g/mol. The van der Waals surface area contributed by atoms with Crippen molar-refractivity contribution in [1.82, 2.24) is 4.90 Å². The van der Waals surface area contributed by atoms with E-state index < -0.39 is 11.1 Å². The molecule has 1 aromatic carbocycles. The van der Waals surface area contributed by atoms with E-state index in [1.165, 1.54) is 0 Å². The summed E-state index contributed by atoms with van der Waals surface area (Å²) in [5.74, 6) is 0. The first-order valence-electron chi connectivity index (χ1n) is 7.23. The van der Waals surface area contributed by atoms with Crippen LogP contribution in [0.5, 0.6) is 0 Å². The molecule has 0 aliphatic carbocycles. The number of halogens is 1. The topological polar surface area (TPSA) is 55.6 Å². The molecule has 1 aliphatic rings. The minimum Gasteiger partial charge on any atom is -0.444 e. The number of rotatable bonds is 1. The van der Waals surface area contributed by atoms with Gasteiger partial charge in [0.25, 0.3) is 0 Å². The fraction of sp³-hybridized carbons (Fsp3) is 0.562. The van der Waals surface area contributed by atoms with Gasteiger partial charge < -0.3 is 15.4 Å². The van der Waals surface area contributed by atoms with Gasteiger partial charge >= 0.3 is 6.09 Å². The third-order valence-corrected chi connectivity index (χ3v) is 4.41. The van der Waals surface area contributed by atoms with E-state index in [1.54, 1.807) is 4.90 Å². The van der Waals surface area contributed by atoms with E-state index in [0.29, 0.717) is 13.1 Å². The van der Waals surface area contributed by atoms with Gasteiger partial charge in [-0.2, -0.15) is 0 Å². The van der Waals surface area contributed by atoms with Crippen LogP contribution in [0, 0.1) is 0 Å². The lowest BCUT2D eigenvalue weighted by atomic mass is 9.82. The summed E-state index contributed by atoms with van der Waals surface area (Å²) in [6.45, 7) is 6.87. The van der Waals surface area contributed by atoms with E-state index in [9.17, 15) is 4.79 Å². The average Bonchev–Trinajstić information content (AvgIpc) is 2.37. The van der Waals surface area contributed by atoms with Crippen molar-refractivity contribution in [3.63, 3.8) is 0 Å². The molecule has 1 saturated heterocycles. The number of hydrogen-bond donors (Lipinski definition) is 1. The monoisotopic (exact) mass is 354 g/mol. The highest BCUT2D eigenvalue weighted by atomic mass is 79.9. The number of carbonyl (C=O) groups excluding carboxylic acids is 1. The van der Waals surface area contributed by atoms with Crippen molar-refractivity contribution in [2.75, 3.05) is 13.1 Å². The zero-order chi connectivity index (χ0) is 15.7. The van der Waals surface area contributed by atoms with E-state index in [2.05, 4.69) is 15.9 Å². The van der Waals surface area contributed by atoms with E-state index in [4.69, 9.17) is 10.5 Å². The van der Waals surface area contributed by atoms with Gasteiger partial charge in [0.1, 0.15) is 5.60 Å². The Morgan fingerprint density at radius 1 is 1.29 bits per heavy atom. The van der Waals surface area contributed by atoms with Crippen LogP contribution >= 0.6 is 15.9 Å². The lowest BCUT2D eigenvalue weighted by Crippen LogP contribution is -2.50. The molecule has 0 unspecified atom stereocenters. The van der Waals surface area contributed by atoms with Crippen molar-refractivity contribution in [2.45, 2.75) is 44.8 Å². The van der Waals surface area contributed by atoms with Crippen LogP contribution in [-0.2, 0) is 10.3 Å². The van der Waals surface area contributed by atoms with Crippen molar-refractivity contribution in [3.8, 4) is 0 Å². The molecule has 0 atom stereocenters. The Balaban J connectivity index is 2.03. The Morgan fingerprint density at radius 2 is 1.86 bits per heavy atom. The Morgan fingerprint density at radius 3 is 2.38 bits per heavy atom. The van der Waals surface area contributed by atoms with E-state index >= 15 is 0 Å². The number of nitrogens with zero attached hydrogens (tertiary/aromatic N) is 1. The summed E-state index contributed by atoms with van der Waals surface area (Å²) in [6.07, 6.45) is 1.21. The van der Waals surface area contributed by atoms with Crippen molar-refractivity contribution in [3.05, 3.63) is 34.3 Å². The maximum absolute atomic E-state index is 12.1. The smallest absolute Gasteiger partial charge is 0.410 e. The van der Waals surface area contributed by atoms with Crippen molar-refractivity contribution < 1.29 is 9.53 Å². The number of benzene rings is 1. The zero-order valence-electron chi connectivity index (χ0n) is 12.9. The molecule has 2 rings (SSSR count). The molecule has 1 amide bonds. The summed E-state index contributed by atoms with van der Waals surface area (Å²) in [5, 5.41) is 0. The van der Waals surface area contributed by atoms with Crippen molar-refractivity contribution >= 4 is 22.0 Å². The Bertz CT molecular complexity index is 517. The minimum atomic E-state index is -0.462. The first-order chi connectivity index (χ1) is 9.71. The lowest BCUT2D eigenvalue weighted by Gasteiger charge is -2.40. The molecule has 1 heterocycles. The number of hydrogen-bond acceptors (Lipinski definition) is 3. The standard InChI is InChI=1S/C16H23BrN2O2/c1-15(2,3)21-14(20)19-10-8-16(18,9-11-19)12-6-4-5-7-13(12)17/h4-7H,8-11,18H2,1-3H3. The maximum Gasteiger partial charge on any atom is 0.410 e. The second kappa shape index (κ2) is 5.97. The molecule has 0 bridgehead atoms. The Kier molecular flexibility index (Phi) is 4.63. The largest absolute Gasteiger partial charge is 0.444 e. The highest BCUT2D eigenvalue weighted by Crippen LogP contribution is 2.35. The second-order valence-electron chi connectivity index (χ2n) is 6.60. The molecule has 0 aromatic heterocycles. The van der Waals surface area contributed by atoms with Gasteiger partial charge in [0.15, 0.2) is 0 Å². The number of piperidine rings is 1. The molecule has 21 heavy (non-hydrogen) atoms. The third kappa shape index (κ3) is 3.98. The molecule has 116 valence electrons. The number of amides is 1. The van der Waals surface area contributed by atoms with Gasteiger partial charge in [-0.25, -0.2) is 4.79 Å². The summed E-state index contributed by atoms with van der Waals surface area (Å²) in [5.41, 5.74) is 6.82. The Labute approximate surface area is 134 Å². The quantitative estimate of drug-likeness (QED) is 0.837. The Hall–Kier alpha value is -1.07. The number of carbonyl (C=O) groups is 1. The van der Waals surface area contributed by atoms with Gasteiger partial charge in [0.05, 0.1) is 0 Å². The summed E-state index contributed by atoms with van der Waals surface area (Å²) in [4.78, 5) is 13.8. The van der Waals surface area contributed by atoms with Crippen LogP contribution in [0.2, 0.25) is 0 Å². The van der Waals surface area contributed by atoms with Crippen LogP contribution in [0.3, 0.4) is 0 Å². The van der Waals surface area contributed by atoms with Gasteiger partial charge in [0, 0.05) is 23.1 Å². The van der Waals surface area contributed by atoms with Gasteiger partial charge in [-0.3, -0.25) is 0 Å². The minimum absolute atomic E-state index is 0.253. The molecular weight excluding hydrogens is 332 g/mol. The van der Waals surface area contributed by atoms with Gasteiger partial charge in [-0.05, 0) is 45.2 Å². The lowest BCUT2D eigenvalue weighted by molar-refractivity contribution is 0.0166. The highest BCUT2D eigenvalue weighted by Gasteiger charge is 2.36. The van der Waals surface area contributed by atoms with Crippen LogP contribution in [0.15, 0.2) is 28.7 Å². The van der Waals surface area contributed by atoms with Crippen molar-refractivity contribution in [1.29, 1.82) is 0 Å². The van der Waals surface area contributed by atoms with Crippen LogP contribution in [-0.4, -0.2) is 29.7 Å². The maximum atomic E-state index is 12.1. The molecule has 1 aliphatic heterocycles. The first-order valence-corrected chi connectivity index (χ1v) is 8.02. The number of likely N-dealkylation sites (tertiary alicyclic amines) is 1. The van der Waals surface area contributed by atoms with Gasteiger partial charge in [-0.15, -0.1) is 0 Å². The zero-order valence-corrected chi connectivity index (χ0v) is 14.4. The highest BCUT2D eigenvalue weighted by molar-refractivity contribution is 9.10. The molecule has 0 radical (unpaired) electrons. The summed E-state index contributed by atoms with van der Waals surface area (Å²) < 4.78 is 6.44. The molecule has 0 spiro atoms. The molecule has 2 N–H and O–H groups in total. The van der Waals surface area contributed by atoms with E-state index in [1.807, 2.05) is 45.0 Å². The van der Waals surface area contributed by atoms with E-state index in [-0.39, 0.29) is 6.09 Å². The molecule has 1 fully saturated rings. The van der Waals surface area contributed by atoms with Crippen LogP contribution < -0.4 is 5.73 Å². The van der Waals surface area contributed by atoms with Crippen molar-refractivity contribution in [2.24, 2.45) is 5.73 Å². The normalized spacial score (nSPS) is 18.4. The van der Waals surface area contributed by atoms with Gasteiger partial charge in [-0.1, -0.05) is 34.1 Å². The molecule has 0 saturated carbocycles. The number of ether oxygens (including phenoxy) is 1. The van der Waals surface area contributed by atoms with Gasteiger partial charge in [0.2, 0.25) is 0 Å². The molecule has 5 heteroatoms. The third-order valence-electron chi connectivity index (χ3n) is 3.72. The van der Waals surface area contributed by atoms with E-state index in [0.717, 1.165) is 22.9 Å². The molecular formula is C16H23BrN2O2. The van der Waals surface area contributed by atoms with Crippen LogP contribution in [0.1, 0.15) is 39.2 Å². The molecule has 1 aromatic rings. The van der Waals surface area contributed by atoms with Crippen LogP contribution in [0.25, 0.3) is 0 Å². The predicted molar refractivity (Wildman–Crippen MR) is 87.0 cm³/mol. The fourth-order valence-corrected chi connectivity index (χ4v) is 3.23.